The minimum Gasteiger partial charge on any atom is -0.378 e. The summed E-state index contributed by atoms with van der Waals surface area (Å²) >= 11 is 0. The van der Waals surface area contributed by atoms with Gasteiger partial charge in [0.2, 0.25) is 0 Å². The Kier molecular flexibility index (Phi) is 4.45. The lowest BCUT2D eigenvalue weighted by molar-refractivity contribution is -0.142. The number of amides is 1. The first kappa shape index (κ1) is 16.4. The highest BCUT2D eigenvalue weighted by Gasteiger charge is 2.29. The predicted octanol–water partition coefficient (Wildman–Crippen LogP) is 1.34. The molecule has 2 aromatic heterocycles. The van der Waals surface area contributed by atoms with Crippen molar-refractivity contribution in [3.63, 3.8) is 0 Å². The summed E-state index contributed by atoms with van der Waals surface area (Å²) < 4.78 is 2.06. The van der Waals surface area contributed by atoms with Crippen molar-refractivity contribution in [1.82, 2.24) is 24.6 Å². The normalized spacial score (nSPS) is 14.7. The quantitative estimate of drug-likeness (QED) is 0.768. The summed E-state index contributed by atoms with van der Waals surface area (Å²) in [5.74, 6) is 1.30. The van der Waals surface area contributed by atoms with Crippen molar-refractivity contribution in [3.05, 3.63) is 77.6 Å². The molecule has 1 aromatic carbocycles. The Hall–Kier alpha value is -3.06. The molecule has 0 bridgehead atoms. The fourth-order valence-electron chi connectivity index (χ4n) is 3.17. The largest absolute Gasteiger partial charge is 0.378 e. The maximum Gasteiger partial charge on any atom is 0.256 e. The summed E-state index contributed by atoms with van der Waals surface area (Å²) in [6.07, 6.45) is 2.62. The van der Waals surface area contributed by atoms with Gasteiger partial charge in [0.05, 0.1) is 6.54 Å². The van der Waals surface area contributed by atoms with Gasteiger partial charge >= 0.3 is 0 Å². The van der Waals surface area contributed by atoms with E-state index in [0.29, 0.717) is 31.6 Å². The third-order valence-electron chi connectivity index (χ3n) is 4.58. The summed E-state index contributed by atoms with van der Waals surface area (Å²) in [4.78, 5) is 18.2. The zero-order valence-electron chi connectivity index (χ0n) is 14.2. The highest BCUT2D eigenvalue weighted by atomic mass is 16.3. The third-order valence-corrected chi connectivity index (χ3v) is 4.58. The molecule has 0 fully saturated rings. The van der Waals surface area contributed by atoms with Crippen LogP contribution in [0.3, 0.4) is 0 Å². The Labute approximate surface area is 150 Å². The lowest BCUT2D eigenvalue weighted by Crippen LogP contribution is -2.41. The van der Waals surface area contributed by atoms with Crippen LogP contribution in [0.1, 0.15) is 28.9 Å². The Morgan fingerprint density at radius 2 is 1.96 bits per heavy atom. The highest BCUT2D eigenvalue weighted by molar-refractivity contribution is 5.82. The van der Waals surface area contributed by atoms with Gasteiger partial charge in [0, 0.05) is 37.5 Å². The molecule has 1 atom stereocenters. The Morgan fingerprint density at radius 3 is 2.73 bits per heavy atom. The lowest BCUT2D eigenvalue weighted by atomic mass is 10.1. The van der Waals surface area contributed by atoms with Crippen molar-refractivity contribution >= 4 is 5.91 Å². The second-order valence-corrected chi connectivity index (χ2v) is 6.30. The van der Waals surface area contributed by atoms with Crippen molar-refractivity contribution in [2.45, 2.75) is 25.6 Å². The third kappa shape index (κ3) is 3.21. The molecule has 1 aliphatic rings. The number of benzene rings is 1. The molecule has 0 spiro atoms. The van der Waals surface area contributed by atoms with Crippen molar-refractivity contribution < 1.29 is 9.90 Å². The monoisotopic (exact) mass is 349 g/mol. The van der Waals surface area contributed by atoms with Gasteiger partial charge in [-0.15, -0.1) is 10.2 Å². The molecule has 0 saturated heterocycles. The van der Waals surface area contributed by atoms with E-state index >= 15 is 0 Å². The van der Waals surface area contributed by atoms with Crippen LogP contribution in [0.2, 0.25) is 0 Å². The van der Waals surface area contributed by atoms with E-state index in [1.54, 1.807) is 23.2 Å². The summed E-state index contributed by atoms with van der Waals surface area (Å²) in [5.41, 5.74) is 1.67. The van der Waals surface area contributed by atoms with Crippen molar-refractivity contribution in [2.24, 2.45) is 0 Å². The van der Waals surface area contributed by atoms with E-state index in [9.17, 15) is 9.90 Å². The number of aromatic nitrogens is 4. The molecule has 0 radical (unpaired) electrons. The van der Waals surface area contributed by atoms with Crippen LogP contribution in [-0.2, 0) is 24.3 Å². The summed E-state index contributed by atoms with van der Waals surface area (Å²) in [6, 6.07) is 13.5. The second-order valence-electron chi connectivity index (χ2n) is 6.30. The summed E-state index contributed by atoms with van der Waals surface area (Å²) in [5, 5.41) is 18.9. The molecule has 0 aliphatic carbocycles. The molecule has 4 rings (SSSR count). The van der Waals surface area contributed by atoms with Crippen LogP contribution in [0.4, 0.5) is 0 Å². The molecular weight excluding hydrogens is 330 g/mol. The summed E-state index contributed by atoms with van der Waals surface area (Å²) in [6.45, 7) is 1.48. The fraction of sp³-hybridized carbons (Fsp3) is 0.263. The Bertz CT molecular complexity index is 895. The molecule has 132 valence electrons. The van der Waals surface area contributed by atoms with Gasteiger partial charge in [-0.1, -0.05) is 36.4 Å². The van der Waals surface area contributed by atoms with Crippen LogP contribution in [0.25, 0.3) is 0 Å². The number of rotatable bonds is 4. The predicted molar refractivity (Wildman–Crippen MR) is 93.9 cm³/mol. The van der Waals surface area contributed by atoms with Gasteiger partial charge in [-0.25, -0.2) is 0 Å². The van der Waals surface area contributed by atoms with E-state index < -0.39 is 6.10 Å². The number of aliphatic hydroxyl groups is 1. The first-order chi connectivity index (χ1) is 12.7. The lowest BCUT2D eigenvalue weighted by Gasteiger charge is -2.29. The molecule has 3 heterocycles. The average molecular weight is 349 g/mol. The van der Waals surface area contributed by atoms with Crippen molar-refractivity contribution in [3.8, 4) is 0 Å². The maximum atomic E-state index is 12.6. The van der Waals surface area contributed by atoms with Gasteiger partial charge in [-0.2, -0.15) is 0 Å². The fourth-order valence-corrected chi connectivity index (χ4v) is 3.17. The second kappa shape index (κ2) is 7.05. The van der Waals surface area contributed by atoms with E-state index in [4.69, 9.17) is 0 Å². The van der Waals surface area contributed by atoms with Gasteiger partial charge in [-0.05, 0) is 11.6 Å². The van der Waals surface area contributed by atoms with Crippen LogP contribution >= 0.6 is 0 Å². The van der Waals surface area contributed by atoms with Crippen LogP contribution in [0, 0.1) is 0 Å². The Morgan fingerprint density at radius 1 is 1.12 bits per heavy atom. The maximum absolute atomic E-state index is 12.6. The van der Waals surface area contributed by atoms with E-state index in [2.05, 4.69) is 31.9 Å². The standard InChI is InChI=1S/C19H19N5O2/c25-18(15-7-4-8-20-12-15)19(26)23-9-10-24-16(21-22-17(24)13-23)11-14-5-2-1-3-6-14/h1-8,12,18,25H,9-11,13H2. The zero-order chi connectivity index (χ0) is 17.9. The zero-order valence-corrected chi connectivity index (χ0v) is 14.2. The minimum atomic E-state index is -1.21. The molecule has 26 heavy (non-hydrogen) atoms. The van der Waals surface area contributed by atoms with E-state index in [1.807, 2.05) is 18.2 Å². The van der Waals surface area contributed by atoms with Gasteiger partial charge < -0.3 is 14.6 Å². The Balaban J connectivity index is 1.48. The molecule has 1 aliphatic heterocycles. The van der Waals surface area contributed by atoms with Crippen molar-refractivity contribution in [2.75, 3.05) is 6.54 Å². The van der Waals surface area contributed by atoms with Gasteiger partial charge in [0.15, 0.2) is 11.9 Å². The van der Waals surface area contributed by atoms with Crippen LogP contribution in [0.5, 0.6) is 0 Å². The molecule has 1 N–H and O–H groups in total. The van der Waals surface area contributed by atoms with Crippen molar-refractivity contribution in [1.29, 1.82) is 0 Å². The number of fused-ring (bicyclic) bond motifs is 1. The summed E-state index contributed by atoms with van der Waals surface area (Å²) in [7, 11) is 0. The number of hydrogen-bond donors (Lipinski definition) is 1. The minimum absolute atomic E-state index is 0.336. The number of pyridine rings is 1. The number of nitrogens with zero attached hydrogens (tertiary/aromatic N) is 5. The number of aliphatic hydroxyl groups excluding tert-OH is 1. The number of hydrogen-bond acceptors (Lipinski definition) is 5. The van der Waals surface area contributed by atoms with Crippen LogP contribution in [0.15, 0.2) is 54.9 Å². The van der Waals surface area contributed by atoms with Gasteiger partial charge in [0.1, 0.15) is 5.82 Å². The van der Waals surface area contributed by atoms with Crippen LogP contribution < -0.4 is 0 Å². The van der Waals surface area contributed by atoms with Crippen LogP contribution in [-0.4, -0.2) is 42.2 Å². The first-order valence-electron chi connectivity index (χ1n) is 8.54. The molecule has 0 saturated carbocycles. The van der Waals surface area contributed by atoms with E-state index in [-0.39, 0.29) is 5.91 Å². The molecule has 1 unspecified atom stereocenters. The molecule has 7 nitrogen and oxygen atoms in total. The molecular formula is C19H19N5O2. The van der Waals surface area contributed by atoms with Gasteiger partial charge in [-0.3, -0.25) is 9.78 Å². The smallest absolute Gasteiger partial charge is 0.256 e. The topological polar surface area (TPSA) is 84.1 Å². The molecule has 7 heteroatoms. The number of carbonyl (C=O) groups is 1. The highest BCUT2D eigenvalue weighted by Crippen LogP contribution is 2.20. The molecule has 1 amide bonds. The first-order valence-corrected chi connectivity index (χ1v) is 8.54. The van der Waals surface area contributed by atoms with E-state index in [0.717, 1.165) is 11.6 Å². The number of carbonyl (C=O) groups excluding carboxylic acids is 1. The van der Waals surface area contributed by atoms with Gasteiger partial charge in [0.25, 0.3) is 5.91 Å². The van der Waals surface area contributed by atoms with E-state index in [1.165, 1.54) is 11.8 Å². The molecule has 3 aromatic rings. The SMILES string of the molecule is O=C(C(O)c1cccnc1)N1CCn2c(Cc3ccccc3)nnc2C1. The average Bonchev–Trinajstić information content (AvgIpc) is 3.10.